The number of rotatable bonds is 45. The molecule has 1 amide bonds. The van der Waals surface area contributed by atoms with E-state index in [4.69, 9.17) is 14.8 Å². The number of aliphatic hydroxyl groups is 1. The van der Waals surface area contributed by atoms with Crippen LogP contribution in [0.15, 0.2) is 12.2 Å². The van der Waals surface area contributed by atoms with Gasteiger partial charge < -0.3 is 21.1 Å². The quantitative estimate of drug-likeness (QED) is 0.0274. The van der Waals surface area contributed by atoms with Crippen molar-refractivity contribution in [1.82, 2.24) is 5.32 Å². The molecule has 8 nitrogen and oxygen atoms in total. The van der Waals surface area contributed by atoms with Crippen LogP contribution in [-0.4, -0.2) is 47.8 Å². The smallest absolute Gasteiger partial charge is 0.387 e. The van der Waals surface area contributed by atoms with Gasteiger partial charge in [-0.05, 0) is 19.3 Å². The molecule has 0 heterocycles. The number of phosphoric acid groups is 1. The number of aliphatic hydroxyl groups excluding tert-OH is 1. The van der Waals surface area contributed by atoms with E-state index < -0.39 is 20.0 Å². The number of hydrogen-bond acceptors (Lipinski definition) is 6. The molecule has 0 aliphatic carbocycles. The van der Waals surface area contributed by atoms with Crippen molar-refractivity contribution in [3.8, 4) is 0 Å². The molecule has 5 N–H and O–H groups in total. The molecule has 0 fully saturated rings. The standard InChI is InChI=1S/C46H93N2O6P/c1-3-5-7-9-11-13-15-17-19-21-22-23-24-26-28-30-32-34-36-38-40-46(50)48-44(43-54-55(51,52)53-42-41-47)45(49)39-37-35-33-31-29-27-25-20-18-16-14-12-10-8-6-4-2/h37,39,44-45,49H,3-36,38,40-43,47H2,1-2H3,(H,48,50)(H,51,52)/b39-37+. The van der Waals surface area contributed by atoms with Crippen molar-refractivity contribution in [2.45, 2.75) is 257 Å². The average Bonchev–Trinajstić information content (AvgIpc) is 3.17. The molecule has 9 heteroatoms. The Labute approximate surface area is 341 Å². The van der Waals surface area contributed by atoms with Gasteiger partial charge in [0.2, 0.25) is 5.91 Å². The summed E-state index contributed by atoms with van der Waals surface area (Å²) < 4.78 is 22.2. The van der Waals surface area contributed by atoms with E-state index in [0.717, 1.165) is 38.5 Å². The first-order valence-electron chi connectivity index (χ1n) is 23.8. The van der Waals surface area contributed by atoms with Crippen LogP contribution in [0.4, 0.5) is 0 Å². The molecule has 0 spiro atoms. The Morgan fingerprint density at radius 2 is 0.927 bits per heavy atom. The molecule has 0 saturated carbocycles. The average molecular weight is 801 g/mol. The maximum atomic E-state index is 12.8. The summed E-state index contributed by atoms with van der Waals surface area (Å²) in [5, 5.41) is 13.7. The highest BCUT2D eigenvalue weighted by molar-refractivity contribution is 7.47. The summed E-state index contributed by atoms with van der Waals surface area (Å²) in [4.78, 5) is 22.8. The third-order valence-corrected chi connectivity index (χ3v) is 11.8. The highest BCUT2D eigenvalue weighted by atomic mass is 31.2. The Kier molecular flexibility index (Phi) is 42.2. The van der Waals surface area contributed by atoms with Crippen molar-refractivity contribution in [2.75, 3.05) is 19.8 Å². The maximum absolute atomic E-state index is 12.8. The number of phosphoric ester groups is 1. The highest BCUT2D eigenvalue weighted by Crippen LogP contribution is 2.43. The Hall–Kier alpha value is -0.760. The van der Waals surface area contributed by atoms with Crippen LogP contribution in [0.5, 0.6) is 0 Å². The van der Waals surface area contributed by atoms with E-state index in [9.17, 15) is 19.4 Å². The predicted molar refractivity (Wildman–Crippen MR) is 235 cm³/mol. The van der Waals surface area contributed by atoms with E-state index in [0.29, 0.717) is 6.42 Å². The van der Waals surface area contributed by atoms with E-state index in [1.165, 1.54) is 186 Å². The van der Waals surface area contributed by atoms with Gasteiger partial charge in [-0.1, -0.05) is 231 Å². The molecule has 0 aliphatic rings. The summed E-state index contributed by atoms with van der Waals surface area (Å²) in [6, 6.07) is -0.854. The molecule has 0 rings (SSSR count). The lowest BCUT2D eigenvalue weighted by atomic mass is 10.0. The van der Waals surface area contributed by atoms with Crippen LogP contribution in [-0.2, 0) is 18.4 Å². The minimum atomic E-state index is -4.34. The Balaban J connectivity index is 4.10. The van der Waals surface area contributed by atoms with Gasteiger partial charge in [0.25, 0.3) is 0 Å². The van der Waals surface area contributed by atoms with Gasteiger partial charge in [-0.2, -0.15) is 0 Å². The number of carbonyl (C=O) groups is 1. The minimum absolute atomic E-state index is 0.0815. The first-order chi connectivity index (χ1) is 26.9. The van der Waals surface area contributed by atoms with Gasteiger partial charge in [0, 0.05) is 13.0 Å². The van der Waals surface area contributed by atoms with Crippen molar-refractivity contribution >= 4 is 13.7 Å². The molecule has 0 aromatic heterocycles. The van der Waals surface area contributed by atoms with Crippen LogP contribution >= 0.6 is 7.82 Å². The second-order valence-corrected chi connectivity index (χ2v) is 17.8. The summed E-state index contributed by atoms with van der Waals surface area (Å²) in [6.07, 6.45) is 48.3. The lowest BCUT2D eigenvalue weighted by Gasteiger charge is -2.23. The fraction of sp³-hybridized carbons (Fsp3) is 0.935. The van der Waals surface area contributed by atoms with Crippen molar-refractivity contribution < 1.29 is 28.4 Å². The Morgan fingerprint density at radius 3 is 1.29 bits per heavy atom. The molecule has 3 unspecified atom stereocenters. The van der Waals surface area contributed by atoms with Gasteiger partial charge in [0.05, 0.1) is 25.4 Å². The minimum Gasteiger partial charge on any atom is -0.387 e. The normalized spacial score (nSPS) is 14.1. The summed E-state index contributed by atoms with van der Waals surface area (Å²) in [6.45, 7) is 4.17. The highest BCUT2D eigenvalue weighted by Gasteiger charge is 2.26. The fourth-order valence-corrected chi connectivity index (χ4v) is 8.01. The Morgan fingerprint density at radius 1 is 0.582 bits per heavy atom. The van der Waals surface area contributed by atoms with E-state index in [1.54, 1.807) is 6.08 Å². The molecule has 0 bridgehead atoms. The summed E-state index contributed by atoms with van der Waals surface area (Å²) in [5.74, 6) is -0.189. The molecule has 55 heavy (non-hydrogen) atoms. The molecule has 0 aromatic carbocycles. The van der Waals surface area contributed by atoms with Gasteiger partial charge in [-0.15, -0.1) is 0 Å². The SMILES string of the molecule is CCCCCCCCCCCCCCCC/C=C/C(O)C(COP(=O)(O)OCCN)NC(=O)CCCCCCCCCCCCCCCCCCCCCC. The van der Waals surface area contributed by atoms with Crippen molar-refractivity contribution in [3.05, 3.63) is 12.2 Å². The largest absolute Gasteiger partial charge is 0.472 e. The van der Waals surface area contributed by atoms with Gasteiger partial charge >= 0.3 is 7.82 Å². The zero-order valence-corrected chi connectivity index (χ0v) is 37.3. The lowest BCUT2D eigenvalue weighted by molar-refractivity contribution is -0.123. The number of nitrogens with one attached hydrogen (secondary N) is 1. The molecule has 0 radical (unpaired) electrons. The Bertz CT molecular complexity index is 875. The van der Waals surface area contributed by atoms with E-state index in [-0.39, 0.29) is 25.7 Å². The first-order valence-corrected chi connectivity index (χ1v) is 25.3. The van der Waals surface area contributed by atoms with Crippen molar-refractivity contribution in [2.24, 2.45) is 5.73 Å². The van der Waals surface area contributed by atoms with Crippen LogP contribution in [0.2, 0.25) is 0 Å². The second-order valence-electron chi connectivity index (χ2n) is 16.3. The molecule has 328 valence electrons. The zero-order valence-electron chi connectivity index (χ0n) is 36.4. The molecule has 0 saturated heterocycles. The van der Waals surface area contributed by atoms with E-state index >= 15 is 0 Å². The third-order valence-electron chi connectivity index (χ3n) is 10.9. The molecule has 0 aliphatic heterocycles. The number of amides is 1. The lowest BCUT2D eigenvalue weighted by Crippen LogP contribution is -2.45. The number of allylic oxidation sites excluding steroid dienone is 1. The van der Waals surface area contributed by atoms with Crippen molar-refractivity contribution in [3.63, 3.8) is 0 Å². The summed E-state index contributed by atoms with van der Waals surface area (Å²) >= 11 is 0. The molecular formula is C46H93N2O6P. The summed E-state index contributed by atoms with van der Waals surface area (Å²) in [7, 11) is -4.34. The van der Waals surface area contributed by atoms with Crippen LogP contribution in [0.1, 0.15) is 245 Å². The fourth-order valence-electron chi connectivity index (χ4n) is 7.25. The predicted octanol–water partition coefficient (Wildman–Crippen LogP) is 13.6. The van der Waals surface area contributed by atoms with E-state index in [2.05, 4.69) is 19.2 Å². The van der Waals surface area contributed by atoms with Crippen LogP contribution < -0.4 is 11.1 Å². The molecular weight excluding hydrogens is 707 g/mol. The van der Waals surface area contributed by atoms with Crippen LogP contribution in [0.25, 0.3) is 0 Å². The van der Waals surface area contributed by atoms with Gasteiger partial charge in [0.1, 0.15) is 0 Å². The zero-order chi connectivity index (χ0) is 40.3. The van der Waals surface area contributed by atoms with Crippen molar-refractivity contribution in [1.29, 1.82) is 0 Å². The monoisotopic (exact) mass is 801 g/mol. The third kappa shape index (κ3) is 41.2. The van der Waals surface area contributed by atoms with Gasteiger partial charge in [-0.3, -0.25) is 13.8 Å². The van der Waals surface area contributed by atoms with Gasteiger partial charge in [0.15, 0.2) is 0 Å². The van der Waals surface area contributed by atoms with Gasteiger partial charge in [-0.25, -0.2) is 4.57 Å². The van der Waals surface area contributed by atoms with Crippen LogP contribution in [0, 0.1) is 0 Å². The molecule has 0 aromatic rings. The summed E-state index contributed by atoms with van der Waals surface area (Å²) in [5.41, 5.74) is 5.38. The van der Waals surface area contributed by atoms with E-state index in [1.807, 2.05) is 6.08 Å². The number of carbonyl (C=O) groups excluding carboxylic acids is 1. The second kappa shape index (κ2) is 42.8. The number of nitrogens with two attached hydrogens (primary N) is 1. The maximum Gasteiger partial charge on any atom is 0.472 e. The van der Waals surface area contributed by atoms with Crippen LogP contribution in [0.3, 0.4) is 0 Å². The number of hydrogen-bond donors (Lipinski definition) is 4. The number of unbranched alkanes of at least 4 members (excludes halogenated alkanes) is 33. The molecule has 3 atom stereocenters. The topological polar surface area (TPSA) is 131 Å². The first kappa shape index (κ1) is 54.2.